The number of nitro groups is 1. The van der Waals surface area contributed by atoms with Gasteiger partial charge in [0.25, 0.3) is 5.69 Å². The van der Waals surface area contributed by atoms with Crippen LogP contribution in [0.1, 0.15) is 6.42 Å². The maximum atomic E-state index is 14.3. The predicted octanol–water partition coefficient (Wildman–Crippen LogP) is 1.56. The summed E-state index contributed by atoms with van der Waals surface area (Å²) in [4.78, 5) is 25.2. The topological polar surface area (TPSA) is 105 Å². The number of amides is 1. The van der Waals surface area contributed by atoms with E-state index in [2.05, 4.69) is 5.10 Å². The van der Waals surface area contributed by atoms with Crippen molar-refractivity contribution in [1.29, 1.82) is 0 Å². The van der Waals surface area contributed by atoms with E-state index >= 15 is 0 Å². The number of carbonyl (C=O) groups is 1. The van der Waals surface area contributed by atoms with Gasteiger partial charge < -0.3 is 14.9 Å². The molecule has 2 bridgehead atoms. The second-order valence-electron chi connectivity index (χ2n) is 6.14. The van der Waals surface area contributed by atoms with E-state index < -0.39 is 16.8 Å². The molecule has 1 aromatic carbocycles. The monoisotopic (exact) mass is 335 g/mol. The molecule has 0 aliphatic carbocycles. The standard InChI is InChI=1S/C14H14FN5O4/c1-17-12-9(4-16-17)13(11(20(23)24)3-10(12)15)18-5-8-2-7(18)6-19(8)14(21)22/h3-4,7-8H,2,5-6H2,1H3,(H,21,22)/t7-,8-/m0/s1. The molecule has 0 saturated carbocycles. The van der Waals surface area contributed by atoms with Crippen LogP contribution in [-0.4, -0.2) is 56.0 Å². The highest BCUT2D eigenvalue weighted by Crippen LogP contribution is 2.43. The molecule has 3 heterocycles. The molecular weight excluding hydrogens is 321 g/mol. The van der Waals surface area contributed by atoms with Gasteiger partial charge in [0.05, 0.1) is 28.6 Å². The number of nitrogens with zero attached hydrogens (tertiary/aromatic N) is 5. The number of fused-ring (bicyclic) bond motifs is 3. The van der Waals surface area contributed by atoms with Gasteiger partial charge in [-0.1, -0.05) is 0 Å². The van der Waals surface area contributed by atoms with Crippen molar-refractivity contribution in [1.82, 2.24) is 14.7 Å². The molecule has 2 atom stereocenters. The minimum atomic E-state index is -0.984. The van der Waals surface area contributed by atoms with Crippen LogP contribution in [0.25, 0.3) is 10.9 Å². The van der Waals surface area contributed by atoms with Gasteiger partial charge in [0.2, 0.25) is 0 Å². The van der Waals surface area contributed by atoms with Gasteiger partial charge in [0, 0.05) is 26.2 Å². The number of anilines is 1. The zero-order chi connectivity index (χ0) is 17.2. The summed E-state index contributed by atoms with van der Waals surface area (Å²) in [6, 6.07) is 0.558. The third kappa shape index (κ3) is 1.85. The van der Waals surface area contributed by atoms with Gasteiger partial charge in [-0.15, -0.1) is 0 Å². The molecule has 2 aliphatic heterocycles. The third-order valence-electron chi connectivity index (χ3n) is 4.90. The molecule has 126 valence electrons. The fourth-order valence-electron chi connectivity index (χ4n) is 3.90. The normalized spacial score (nSPS) is 22.6. The van der Waals surface area contributed by atoms with Gasteiger partial charge in [0.15, 0.2) is 5.82 Å². The van der Waals surface area contributed by atoms with E-state index in [0.717, 1.165) is 6.07 Å². The van der Waals surface area contributed by atoms with Crippen LogP contribution in [0.5, 0.6) is 0 Å². The van der Waals surface area contributed by atoms with E-state index in [4.69, 9.17) is 0 Å². The number of rotatable bonds is 2. The molecule has 24 heavy (non-hydrogen) atoms. The number of aromatic nitrogens is 2. The number of hydrogen-bond acceptors (Lipinski definition) is 5. The molecule has 2 fully saturated rings. The first-order chi connectivity index (χ1) is 11.4. The van der Waals surface area contributed by atoms with Crippen molar-refractivity contribution in [2.45, 2.75) is 18.5 Å². The van der Waals surface area contributed by atoms with Crippen LogP contribution in [0.2, 0.25) is 0 Å². The number of benzene rings is 1. The van der Waals surface area contributed by atoms with Crippen molar-refractivity contribution in [3.8, 4) is 0 Å². The molecule has 1 aromatic heterocycles. The van der Waals surface area contributed by atoms with Gasteiger partial charge in [0.1, 0.15) is 11.2 Å². The highest BCUT2D eigenvalue weighted by Gasteiger charge is 2.47. The summed E-state index contributed by atoms with van der Waals surface area (Å²) in [6.45, 7) is 0.643. The zero-order valence-corrected chi connectivity index (χ0v) is 12.7. The van der Waals surface area contributed by atoms with Gasteiger partial charge in [-0.25, -0.2) is 9.18 Å². The first-order valence-electron chi connectivity index (χ1n) is 7.43. The van der Waals surface area contributed by atoms with Crippen molar-refractivity contribution in [2.24, 2.45) is 7.05 Å². The van der Waals surface area contributed by atoms with Crippen LogP contribution in [-0.2, 0) is 7.05 Å². The Morgan fingerprint density at radius 1 is 1.46 bits per heavy atom. The van der Waals surface area contributed by atoms with Crippen molar-refractivity contribution < 1.29 is 19.2 Å². The molecule has 0 radical (unpaired) electrons. The summed E-state index contributed by atoms with van der Waals surface area (Å²) in [6.07, 6.45) is 1.05. The molecule has 0 unspecified atom stereocenters. The van der Waals surface area contributed by atoms with E-state index in [-0.39, 0.29) is 29.8 Å². The number of piperazine rings is 1. The number of nitro benzene ring substituents is 1. The lowest BCUT2D eigenvalue weighted by Crippen LogP contribution is -2.48. The number of halogens is 1. The first-order valence-corrected chi connectivity index (χ1v) is 7.43. The molecule has 10 heteroatoms. The highest BCUT2D eigenvalue weighted by atomic mass is 19.1. The summed E-state index contributed by atoms with van der Waals surface area (Å²) in [5, 5.41) is 25.0. The molecule has 1 amide bonds. The van der Waals surface area contributed by atoms with Gasteiger partial charge in [-0.2, -0.15) is 5.10 Å². The number of likely N-dealkylation sites (tertiary alicyclic amines) is 1. The fraction of sp³-hybridized carbons (Fsp3) is 0.429. The summed E-state index contributed by atoms with van der Waals surface area (Å²) >= 11 is 0. The second-order valence-corrected chi connectivity index (χ2v) is 6.14. The predicted molar refractivity (Wildman–Crippen MR) is 81.6 cm³/mol. The Morgan fingerprint density at radius 2 is 2.21 bits per heavy atom. The number of aryl methyl sites for hydroxylation is 1. The van der Waals surface area contributed by atoms with Gasteiger partial charge in [-0.05, 0) is 6.42 Å². The summed E-state index contributed by atoms with van der Waals surface area (Å²) in [5.74, 6) is -0.697. The van der Waals surface area contributed by atoms with Crippen LogP contribution in [0.15, 0.2) is 12.3 Å². The third-order valence-corrected chi connectivity index (χ3v) is 4.90. The van der Waals surface area contributed by atoms with Crippen molar-refractivity contribution >= 4 is 28.4 Å². The molecular formula is C14H14FN5O4. The Kier molecular flexibility index (Phi) is 2.93. The van der Waals surface area contributed by atoms with Crippen LogP contribution in [0, 0.1) is 15.9 Å². The average molecular weight is 335 g/mol. The number of hydrogen-bond donors (Lipinski definition) is 1. The summed E-state index contributed by atoms with van der Waals surface area (Å²) in [7, 11) is 1.57. The van der Waals surface area contributed by atoms with Gasteiger partial charge in [-0.3, -0.25) is 14.8 Å². The van der Waals surface area contributed by atoms with Crippen LogP contribution in [0.4, 0.5) is 20.6 Å². The van der Waals surface area contributed by atoms with Crippen molar-refractivity contribution in [2.75, 3.05) is 18.0 Å². The lowest BCUT2D eigenvalue weighted by Gasteiger charge is -2.34. The Hall–Kier alpha value is -2.91. The molecule has 9 nitrogen and oxygen atoms in total. The van der Waals surface area contributed by atoms with E-state index in [1.165, 1.54) is 15.8 Å². The zero-order valence-electron chi connectivity index (χ0n) is 12.7. The van der Waals surface area contributed by atoms with Crippen LogP contribution in [0.3, 0.4) is 0 Å². The molecule has 2 aromatic rings. The Bertz CT molecular complexity index is 882. The van der Waals surface area contributed by atoms with Gasteiger partial charge >= 0.3 is 6.09 Å². The Labute approximate surface area is 135 Å². The lowest BCUT2D eigenvalue weighted by atomic mass is 10.1. The summed E-state index contributed by atoms with van der Waals surface area (Å²) < 4.78 is 15.6. The molecule has 4 rings (SSSR count). The maximum Gasteiger partial charge on any atom is 0.407 e. The smallest absolute Gasteiger partial charge is 0.407 e. The van der Waals surface area contributed by atoms with E-state index in [0.29, 0.717) is 24.0 Å². The second kappa shape index (κ2) is 4.79. The minimum absolute atomic E-state index is 0.154. The Balaban J connectivity index is 1.86. The lowest BCUT2D eigenvalue weighted by molar-refractivity contribution is -0.384. The van der Waals surface area contributed by atoms with E-state index in [1.54, 1.807) is 7.05 Å². The quantitative estimate of drug-likeness (QED) is 0.660. The fourth-order valence-corrected chi connectivity index (χ4v) is 3.90. The molecule has 0 spiro atoms. The van der Waals surface area contributed by atoms with E-state index in [1.807, 2.05) is 4.90 Å². The SMILES string of the molecule is Cn1ncc2c(N3C[C@@H]4C[C@H]3CN4C(=O)O)c([N+](=O)[O-])cc(F)c21. The average Bonchev–Trinajstić information content (AvgIpc) is 3.20. The first kappa shape index (κ1) is 14.7. The Morgan fingerprint density at radius 3 is 2.79 bits per heavy atom. The molecule has 2 saturated heterocycles. The van der Waals surface area contributed by atoms with Crippen molar-refractivity contribution in [3.63, 3.8) is 0 Å². The molecule has 1 N–H and O–H groups in total. The molecule has 2 aliphatic rings. The minimum Gasteiger partial charge on any atom is -0.465 e. The van der Waals surface area contributed by atoms with Crippen LogP contribution >= 0.6 is 0 Å². The maximum absolute atomic E-state index is 14.3. The number of carboxylic acid groups (broad SMARTS) is 1. The largest absolute Gasteiger partial charge is 0.465 e. The van der Waals surface area contributed by atoms with Crippen LogP contribution < -0.4 is 4.90 Å². The highest BCUT2D eigenvalue weighted by molar-refractivity contribution is 5.98. The van der Waals surface area contributed by atoms with Crippen molar-refractivity contribution in [3.05, 3.63) is 28.2 Å². The van der Waals surface area contributed by atoms with E-state index in [9.17, 15) is 24.4 Å². The summed E-state index contributed by atoms with van der Waals surface area (Å²) in [5.41, 5.74) is 0.206.